The minimum atomic E-state index is -1.17. The highest BCUT2D eigenvalue weighted by Crippen LogP contribution is 2.33. The van der Waals surface area contributed by atoms with Crippen LogP contribution in [0.3, 0.4) is 0 Å². The molecule has 0 aliphatic heterocycles. The molecule has 0 spiro atoms. The monoisotopic (exact) mass is 451 g/mol. The van der Waals surface area contributed by atoms with Gasteiger partial charge >= 0.3 is 12.1 Å². The Balaban J connectivity index is 1.92. The zero-order valence-corrected chi connectivity index (χ0v) is 18.0. The van der Waals surface area contributed by atoms with Crippen LogP contribution in [0.1, 0.15) is 11.7 Å². The number of nitrogens with one attached hydrogen (secondary N) is 1. The summed E-state index contributed by atoms with van der Waals surface area (Å²) in [5, 5.41) is 22.7. The lowest BCUT2D eigenvalue weighted by molar-refractivity contribution is -0.131. The van der Waals surface area contributed by atoms with Gasteiger partial charge in [0.15, 0.2) is 6.10 Å². The van der Waals surface area contributed by atoms with Crippen LogP contribution in [0.2, 0.25) is 0 Å². The fourth-order valence-corrected chi connectivity index (χ4v) is 3.38. The van der Waals surface area contributed by atoms with Crippen LogP contribution in [0.5, 0.6) is 5.75 Å². The maximum Gasteiger partial charge on any atom is 0.412 e. The van der Waals surface area contributed by atoms with E-state index in [-0.39, 0.29) is 13.2 Å². The van der Waals surface area contributed by atoms with Crippen molar-refractivity contribution in [2.45, 2.75) is 12.2 Å². The highest BCUT2D eigenvalue weighted by Gasteiger charge is 2.29. The van der Waals surface area contributed by atoms with E-state index in [2.05, 4.69) is 5.32 Å². The minimum absolute atomic E-state index is 0.0363. The van der Waals surface area contributed by atoms with Crippen LogP contribution < -0.4 is 10.1 Å². The molecule has 3 aromatic carbocycles. The Morgan fingerprint density at radius 3 is 2.52 bits per heavy atom. The lowest BCUT2D eigenvalue weighted by Crippen LogP contribution is -2.27. The second kappa shape index (κ2) is 11.7. The van der Waals surface area contributed by atoms with Crippen LogP contribution in [0.4, 0.5) is 10.5 Å². The summed E-state index contributed by atoms with van der Waals surface area (Å²) in [5.74, 6) is -0.791. The van der Waals surface area contributed by atoms with Gasteiger partial charge in [-0.05, 0) is 23.6 Å². The number of rotatable bonds is 10. The number of hydrogen-bond acceptors (Lipinski definition) is 6. The van der Waals surface area contributed by atoms with Crippen molar-refractivity contribution >= 4 is 28.5 Å². The van der Waals surface area contributed by atoms with Gasteiger partial charge in [-0.25, -0.2) is 9.59 Å². The predicted octanol–water partition coefficient (Wildman–Crippen LogP) is 4.16. The molecule has 172 valence electrons. The van der Waals surface area contributed by atoms with Crippen LogP contribution in [0, 0.1) is 0 Å². The predicted molar refractivity (Wildman–Crippen MR) is 123 cm³/mol. The number of fused-ring (bicyclic) bond motifs is 1. The Labute approximate surface area is 191 Å². The molecule has 3 N–H and O–H groups in total. The zero-order valence-electron chi connectivity index (χ0n) is 18.0. The topological polar surface area (TPSA) is 114 Å². The first kappa shape index (κ1) is 23.8. The number of methoxy groups -OCH3 is 1. The van der Waals surface area contributed by atoms with Crippen LogP contribution in [0.15, 0.2) is 78.9 Å². The van der Waals surface area contributed by atoms with E-state index in [4.69, 9.17) is 24.4 Å². The molecule has 33 heavy (non-hydrogen) atoms. The Morgan fingerprint density at radius 1 is 1.03 bits per heavy atom. The summed E-state index contributed by atoms with van der Waals surface area (Å²) in [7, 11) is 1.38. The van der Waals surface area contributed by atoms with Crippen LogP contribution >= 0.6 is 0 Å². The van der Waals surface area contributed by atoms with Crippen molar-refractivity contribution in [3.63, 3.8) is 0 Å². The number of amides is 1. The van der Waals surface area contributed by atoms with E-state index in [1.165, 1.54) is 13.2 Å². The SMILES string of the molecule is CO[C@@H](/C=C/C(=O)O)[C@@H](OC(=O)Nc1cccc2ccccc12)c1ccccc1OCCO. The zero-order chi connectivity index (χ0) is 23.6. The summed E-state index contributed by atoms with van der Waals surface area (Å²) in [6.07, 6.45) is -0.487. The number of para-hydroxylation sites is 1. The molecule has 0 saturated heterocycles. The molecule has 0 saturated carbocycles. The number of anilines is 1. The number of benzene rings is 3. The second-order valence-corrected chi connectivity index (χ2v) is 6.99. The normalized spacial score (nSPS) is 12.9. The van der Waals surface area contributed by atoms with Crippen LogP contribution in [0.25, 0.3) is 10.8 Å². The highest BCUT2D eigenvalue weighted by molar-refractivity contribution is 6.00. The summed E-state index contributed by atoms with van der Waals surface area (Å²) in [4.78, 5) is 24.0. The number of carbonyl (C=O) groups excluding carboxylic acids is 1. The average molecular weight is 451 g/mol. The Bertz CT molecular complexity index is 1120. The fourth-order valence-electron chi connectivity index (χ4n) is 3.38. The summed E-state index contributed by atoms with van der Waals surface area (Å²) in [6.45, 7) is -0.164. The molecule has 0 radical (unpaired) electrons. The summed E-state index contributed by atoms with van der Waals surface area (Å²) in [6, 6.07) is 19.9. The molecular formula is C25H25NO7. The van der Waals surface area contributed by atoms with E-state index in [9.17, 15) is 9.59 Å². The molecule has 0 aliphatic rings. The van der Waals surface area contributed by atoms with E-state index < -0.39 is 24.3 Å². The van der Waals surface area contributed by atoms with Gasteiger partial charge in [-0.15, -0.1) is 0 Å². The van der Waals surface area contributed by atoms with E-state index >= 15 is 0 Å². The lowest BCUT2D eigenvalue weighted by Gasteiger charge is -2.26. The van der Waals surface area contributed by atoms with Crippen molar-refractivity contribution in [3.05, 3.63) is 84.4 Å². The van der Waals surface area contributed by atoms with Gasteiger partial charge < -0.3 is 24.4 Å². The number of carboxylic acids is 1. The standard InChI is InChI=1S/C25H25NO7/c1-31-22(13-14-23(28)29)24(19-10-4-5-12-21(19)32-16-15-27)33-25(30)26-20-11-6-8-17-7-2-3-9-18(17)20/h2-14,22,24,27H,15-16H2,1H3,(H,26,30)(H,28,29)/b14-13+/t22-,24-/m0/s1. The van der Waals surface area contributed by atoms with Crippen molar-refractivity contribution < 1.29 is 34.0 Å². The number of aliphatic carboxylic acids is 1. The first-order chi connectivity index (χ1) is 16.0. The quantitative estimate of drug-likeness (QED) is 0.397. The molecule has 3 aromatic rings. The molecule has 0 bridgehead atoms. The van der Waals surface area contributed by atoms with Crippen LogP contribution in [-0.2, 0) is 14.3 Å². The van der Waals surface area contributed by atoms with Crippen molar-refractivity contribution in [1.82, 2.24) is 0 Å². The number of aliphatic hydroxyl groups excluding tert-OH is 1. The van der Waals surface area contributed by atoms with Crippen molar-refractivity contribution in [2.24, 2.45) is 0 Å². The van der Waals surface area contributed by atoms with Crippen molar-refractivity contribution in [1.29, 1.82) is 0 Å². The van der Waals surface area contributed by atoms with Crippen molar-refractivity contribution in [3.8, 4) is 5.75 Å². The van der Waals surface area contributed by atoms with Gasteiger partial charge in [0, 0.05) is 24.1 Å². The molecule has 0 fully saturated rings. The van der Waals surface area contributed by atoms with Gasteiger partial charge in [-0.3, -0.25) is 5.32 Å². The number of carbonyl (C=O) groups is 2. The maximum absolute atomic E-state index is 12.9. The molecule has 8 nitrogen and oxygen atoms in total. The Morgan fingerprint density at radius 2 is 1.76 bits per heavy atom. The second-order valence-electron chi connectivity index (χ2n) is 6.99. The third-order valence-electron chi connectivity index (χ3n) is 4.83. The minimum Gasteiger partial charge on any atom is -0.491 e. The van der Waals surface area contributed by atoms with E-state index in [1.807, 2.05) is 36.4 Å². The molecule has 0 unspecified atom stereocenters. The molecule has 3 rings (SSSR count). The average Bonchev–Trinajstić information content (AvgIpc) is 2.82. The number of ether oxygens (including phenoxy) is 3. The molecule has 0 aromatic heterocycles. The first-order valence-corrected chi connectivity index (χ1v) is 10.3. The van der Waals surface area contributed by atoms with E-state index in [0.29, 0.717) is 17.0 Å². The largest absolute Gasteiger partial charge is 0.491 e. The van der Waals surface area contributed by atoms with Gasteiger partial charge in [0.2, 0.25) is 0 Å². The third-order valence-corrected chi connectivity index (χ3v) is 4.83. The number of carboxylic acid groups (broad SMARTS) is 1. The molecule has 2 atom stereocenters. The van der Waals surface area contributed by atoms with E-state index in [0.717, 1.165) is 16.8 Å². The van der Waals surface area contributed by atoms with Gasteiger partial charge in [0.1, 0.15) is 18.5 Å². The Hall–Kier alpha value is -3.88. The van der Waals surface area contributed by atoms with Gasteiger partial charge in [-0.2, -0.15) is 0 Å². The summed E-state index contributed by atoms with van der Waals surface area (Å²) in [5.41, 5.74) is 1.03. The molecule has 1 amide bonds. The fraction of sp³-hybridized carbons (Fsp3) is 0.200. The number of aliphatic hydroxyl groups is 1. The molecule has 8 heteroatoms. The van der Waals surface area contributed by atoms with Gasteiger partial charge in [0.25, 0.3) is 0 Å². The lowest BCUT2D eigenvalue weighted by atomic mass is 10.0. The van der Waals surface area contributed by atoms with E-state index in [1.54, 1.807) is 30.3 Å². The smallest absolute Gasteiger partial charge is 0.412 e. The first-order valence-electron chi connectivity index (χ1n) is 10.3. The molecular weight excluding hydrogens is 426 g/mol. The Kier molecular flexibility index (Phi) is 8.40. The van der Waals surface area contributed by atoms with Crippen molar-refractivity contribution in [2.75, 3.05) is 25.6 Å². The number of hydrogen-bond donors (Lipinski definition) is 3. The molecule has 0 heterocycles. The van der Waals surface area contributed by atoms with Gasteiger partial charge in [-0.1, -0.05) is 54.6 Å². The maximum atomic E-state index is 12.9. The van der Waals surface area contributed by atoms with Gasteiger partial charge in [0.05, 0.1) is 12.3 Å². The molecule has 0 aliphatic carbocycles. The summed E-state index contributed by atoms with van der Waals surface area (Å²) < 4.78 is 16.8. The highest BCUT2D eigenvalue weighted by atomic mass is 16.6. The summed E-state index contributed by atoms with van der Waals surface area (Å²) >= 11 is 0. The van der Waals surface area contributed by atoms with Crippen LogP contribution in [-0.4, -0.2) is 48.7 Å². The third kappa shape index (κ3) is 6.31.